The number of anilines is 1. The number of aryl methyl sites for hydroxylation is 2. The summed E-state index contributed by atoms with van der Waals surface area (Å²) in [5.41, 5.74) is 3.63. The summed E-state index contributed by atoms with van der Waals surface area (Å²) in [5.74, 6) is 0.294. The zero-order valence-corrected chi connectivity index (χ0v) is 18.0. The second kappa shape index (κ2) is 11.8. The van der Waals surface area contributed by atoms with Gasteiger partial charge in [-0.1, -0.05) is 23.2 Å². The molecule has 3 aromatic rings. The molecule has 0 unspecified atom stereocenters. The van der Waals surface area contributed by atoms with Gasteiger partial charge < -0.3 is 9.67 Å². The van der Waals surface area contributed by atoms with Gasteiger partial charge in [-0.05, 0) is 62.7 Å². The van der Waals surface area contributed by atoms with Gasteiger partial charge in [0.05, 0.1) is 16.3 Å². The Balaban J connectivity index is 0.000000294. The minimum atomic E-state index is -4.43. The second-order valence-electron chi connectivity index (χ2n) is 5.94. The molecule has 1 aromatic carbocycles. The number of hydrogen-bond donors (Lipinski definition) is 3. The van der Waals surface area contributed by atoms with Crippen molar-refractivity contribution in [1.29, 1.82) is 0 Å². The van der Waals surface area contributed by atoms with E-state index in [0.29, 0.717) is 16.5 Å². The first-order chi connectivity index (χ1) is 14.0. The molecular formula is C20H22Cl2F3N3O2. The van der Waals surface area contributed by atoms with Gasteiger partial charge >= 0.3 is 6.18 Å². The highest BCUT2D eigenvalue weighted by Crippen LogP contribution is 2.32. The van der Waals surface area contributed by atoms with Crippen LogP contribution < -0.4 is 5.48 Å². The molecule has 0 saturated carbocycles. The van der Waals surface area contributed by atoms with E-state index in [9.17, 15) is 13.2 Å². The van der Waals surface area contributed by atoms with Crippen molar-refractivity contribution in [2.45, 2.75) is 26.9 Å². The molecule has 0 spiro atoms. The van der Waals surface area contributed by atoms with Crippen LogP contribution >= 0.6 is 23.2 Å². The van der Waals surface area contributed by atoms with E-state index in [-0.39, 0.29) is 11.6 Å². The highest BCUT2D eigenvalue weighted by atomic mass is 35.5. The maximum atomic E-state index is 12.4. The third-order valence-electron chi connectivity index (χ3n) is 3.62. The van der Waals surface area contributed by atoms with Gasteiger partial charge in [0.25, 0.3) is 0 Å². The SMILES string of the molecule is CCO.Cc1cc(NO)ccc1Cl.Cc1cccn1-c1ncc(C(F)(F)F)cc1Cl. The monoisotopic (exact) mass is 463 g/mol. The summed E-state index contributed by atoms with van der Waals surface area (Å²) >= 11 is 11.5. The number of halogens is 5. The van der Waals surface area contributed by atoms with Crippen LogP contribution in [0.25, 0.3) is 5.82 Å². The Hall–Kier alpha value is -2.26. The molecule has 5 nitrogen and oxygen atoms in total. The van der Waals surface area contributed by atoms with Crippen LogP contribution in [0.2, 0.25) is 10.0 Å². The highest BCUT2D eigenvalue weighted by molar-refractivity contribution is 6.32. The van der Waals surface area contributed by atoms with Crippen molar-refractivity contribution < 1.29 is 23.5 Å². The lowest BCUT2D eigenvalue weighted by molar-refractivity contribution is -0.137. The normalized spacial score (nSPS) is 10.5. The van der Waals surface area contributed by atoms with Gasteiger partial charge in [0.2, 0.25) is 0 Å². The standard InChI is InChI=1S/C11H8ClF3N2.C7H8ClNO.C2H6O/c1-7-3-2-4-17(7)10-9(12)5-8(6-16-10)11(13,14)15;1-5-4-6(9-10)2-3-7(5)8;1-2-3/h2-6H,1H3;2-4,9-10H,1H3;3H,2H2,1H3. The molecule has 0 saturated heterocycles. The number of benzene rings is 1. The van der Waals surface area contributed by atoms with E-state index in [1.165, 1.54) is 0 Å². The van der Waals surface area contributed by atoms with Crippen molar-refractivity contribution in [3.05, 3.63) is 75.7 Å². The maximum absolute atomic E-state index is 12.4. The van der Waals surface area contributed by atoms with Crippen LogP contribution in [0.15, 0.2) is 48.8 Å². The Morgan fingerprint density at radius 3 is 2.17 bits per heavy atom. The summed E-state index contributed by atoms with van der Waals surface area (Å²) in [6, 6.07) is 9.66. The van der Waals surface area contributed by atoms with Crippen molar-refractivity contribution in [3.8, 4) is 5.82 Å². The topological polar surface area (TPSA) is 70.3 Å². The van der Waals surface area contributed by atoms with Crippen molar-refractivity contribution >= 4 is 28.9 Å². The van der Waals surface area contributed by atoms with Gasteiger partial charge in [-0.3, -0.25) is 10.7 Å². The molecule has 0 amide bonds. The molecule has 2 aromatic heterocycles. The number of hydrogen-bond acceptors (Lipinski definition) is 4. The predicted octanol–water partition coefficient (Wildman–Crippen LogP) is 6.30. The molecule has 2 heterocycles. The van der Waals surface area contributed by atoms with Crippen LogP contribution in [0.1, 0.15) is 23.7 Å². The van der Waals surface area contributed by atoms with Crippen molar-refractivity contribution in [1.82, 2.24) is 9.55 Å². The Labute approximate surface area is 182 Å². The molecule has 0 fully saturated rings. The lowest BCUT2D eigenvalue weighted by Crippen LogP contribution is -2.07. The molecule has 0 atom stereocenters. The summed E-state index contributed by atoms with van der Waals surface area (Å²) in [5, 5.41) is 16.7. The first-order valence-corrected chi connectivity index (χ1v) is 9.44. The minimum Gasteiger partial charge on any atom is -0.397 e. The van der Waals surface area contributed by atoms with Gasteiger partial charge in [-0.15, -0.1) is 0 Å². The fraction of sp³-hybridized carbons (Fsp3) is 0.250. The van der Waals surface area contributed by atoms with Crippen LogP contribution in [0.4, 0.5) is 18.9 Å². The van der Waals surface area contributed by atoms with E-state index in [4.69, 9.17) is 33.5 Å². The average molecular weight is 464 g/mol. The van der Waals surface area contributed by atoms with E-state index < -0.39 is 11.7 Å². The van der Waals surface area contributed by atoms with Crippen molar-refractivity contribution in [2.75, 3.05) is 12.1 Å². The predicted molar refractivity (Wildman–Crippen MR) is 113 cm³/mol. The smallest absolute Gasteiger partial charge is 0.397 e. The number of aliphatic hydroxyl groups is 1. The van der Waals surface area contributed by atoms with Crippen molar-refractivity contribution in [3.63, 3.8) is 0 Å². The fourth-order valence-corrected chi connectivity index (χ4v) is 2.56. The molecule has 0 aliphatic heterocycles. The quantitative estimate of drug-likeness (QED) is 0.390. The minimum absolute atomic E-state index is 0.0286. The molecule has 164 valence electrons. The number of aliphatic hydroxyl groups excluding tert-OH is 1. The summed E-state index contributed by atoms with van der Waals surface area (Å²) < 4.78 is 38.9. The number of nitrogens with zero attached hydrogens (tertiary/aromatic N) is 2. The van der Waals surface area contributed by atoms with E-state index in [2.05, 4.69) is 4.98 Å². The Morgan fingerprint density at radius 1 is 1.10 bits per heavy atom. The Kier molecular flexibility index (Phi) is 10.1. The maximum Gasteiger partial charge on any atom is 0.417 e. The van der Waals surface area contributed by atoms with Crippen LogP contribution in [-0.2, 0) is 6.18 Å². The average Bonchev–Trinajstić information content (AvgIpc) is 3.10. The van der Waals surface area contributed by atoms with E-state index in [1.54, 1.807) is 42.0 Å². The van der Waals surface area contributed by atoms with Crippen molar-refractivity contribution in [2.24, 2.45) is 0 Å². The summed E-state index contributed by atoms with van der Waals surface area (Å²) in [6.07, 6.45) is -1.96. The fourth-order valence-electron chi connectivity index (χ4n) is 2.18. The zero-order valence-electron chi connectivity index (χ0n) is 16.5. The van der Waals surface area contributed by atoms with E-state index in [1.807, 2.05) is 25.4 Å². The van der Waals surface area contributed by atoms with Gasteiger partial charge in [0, 0.05) is 29.7 Å². The Bertz CT molecular complexity index is 947. The number of aromatic nitrogens is 2. The molecular weight excluding hydrogens is 442 g/mol. The number of nitrogens with one attached hydrogen (secondary N) is 1. The first-order valence-electron chi connectivity index (χ1n) is 8.69. The van der Waals surface area contributed by atoms with Gasteiger partial charge in [0.1, 0.15) is 0 Å². The third kappa shape index (κ3) is 7.53. The summed E-state index contributed by atoms with van der Waals surface area (Å²) in [4.78, 5) is 3.76. The molecule has 0 bridgehead atoms. The first kappa shape index (κ1) is 25.8. The number of alkyl halides is 3. The van der Waals surface area contributed by atoms with Gasteiger partial charge in [-0.2, -0.15) is 13.2 Å². The summed E-state index contributed by atoms with van der Waals surface area (Å²) in [7, 11) is 0. The Morgan fingerprint density at radius 2 is 1.73 bits per heavy atom. The lowest BCUT2D eigenvalue weighted by Gasteiger charge is -2.10. The van der Waals surface area contributed by atoms with Gasteiger partial charge in [-0.25, -0.2) is 4.98 Å². The molecule has 0 radical (unpaired) electrons. The van der Waals surface area contributed by atoms with E-state index in [0.717, 1.165) is 23.5 Å². The molecule has 30 heavy (non-hydrogen) atoms. The number of rotatable bonds is 2. The zero-order chi connectivity index (χ0) is 22.9. The van der Waals surface area contributed by atoms with Gasteiger partial charge in [0.15, 0.2) is 5.82 Å². The van der Waals surface area contributed by atoms with Crippen LogP contribution in [0, 0.1) is 13.8 Å². The van der Waals surface area contributed by atoms with Crippen LogP contribution in [0.5, 0.6) is 0 Å². The van der Waals surface area contributed by atoms with Crippen LogP contribution in [-0.4, -0.2) is 26.5 Å². The van der Waals surface area contributed by atoms with E-state index >= 15 is 0 Å². The molecule has 0 aliphatic rings. The highest BCUT2D eigenvalue weighted by Gasteiger charge is 2.31. The largest absolute Gasteiger partial charge is 0.417 e. The van der Waals surface area contributed by atoms with Crippen LogP contribution in [0.3, 0.4) is 0 Å². The lowest BCUT2D eigenvalue weighted by atomic mass is 10.2. The molecule has 10 heteroatoms. The molecule has 0 aliphatic carbocycles. The molecule has 3 rings (SSSR count). The number of pyridine rings is 1. The third-order valence-corrected chi connectivity index (χ3v) is 4.32. The second-order valence-corrected chi connectivity index (χ2v) is 6.75. The molecule has 3 N–H and O–H groups in total. The summed E-state index contributed by atoms with van der Waals surface area (Å²) in [6.45, 7) is 5.62.